The molecule has 0 aliphatic carbocycles. The Kier molecular flexibility index (Phi) is 3.82. The van der Waals surface area contributed by atoms with E-state index >= 15 is 0 Å². The Morgan fingerprint density at radius 1 is 1.12 bits per heavy atom. The van der Waals surface area contributed by atoms with Gasteiger partial charge in [-0.2, -0.15) is 0 Å². The monoisotopic (exact) mass is 357 g/mol. The highest BCUT2D eigenvalue weighted by atomic mass is 32.2. The van der Waals surface area contributed by atoms with E-state index in [1.165, 1.54) is 0 Å². The minimum Gasteiger partial charge on any atom is -0.332 e. The summed E-state index contributed by atoms with van der Waals surface area (Å²) in [6.07, 6.45) is 5.52. The number of hydrogen-bond donors (Lipinski definition) is 1. The number of nitrogens with zero attached hydrogens (tertiary/aromatic N) is 2. The van der Waals surface area contributed by atoms with Crippen LogP contribution in [0.15, 0.2) is 72.0 Å². The number of aromatic nitrogens is 2. The van der Waals surface area contributed by atoms with Gasteiger partial charge in [0.2, 0.25) is 0 Å². The zero-order valence-electron chi connectivity index (χ0n) is 12.7. The normalized spacial score (nSPS) is 16.8. The van der Waals surface area contributed by atoms with Crippen LogP contribution in [0.3, 0.4) is 0 Å². The molecule has 1 atom stereocenters. The molecule has 7 heteroatoms. The SMILES string of the molecule is O=S(=O)(Nc1ccn2c1CSC2c1cccnc1)c1ccccc1. The third kappa shape index (κ3) is 2.70. The quantitative estimate of drug-likeness (QED) is 0.776. The molecule has 0 saturated carbocycles. The van der Waals surface area contributed by atoms with Crippen LogP contribution in [-0.2, 0) is 15.8 Å². The van der Waals surface area contributed by atoms with Crippen molar-refractivity contribution in [1.29, 1.82) is 0 Å². The van der Waals surface area contributed by atoms with Crippen molar-refractivity contribution in [3.63, 3.8) is 0 Å². The van der Waals surface area contributed by atoms with Gasteiger partial charge in [-0.3, -0.25) is 9.71 Å². The average Bonchev–Trinajstić information content (AvgIpc) is 3.19. The molecular weight excluding hydrogens is 342 g/mol. The van der Waals surface area contributed by atoms with Crippen molar-refractivity contribution >= 4 is 27.5 Å². The Hall–Kier alpha value is -2.25. The van der Waals surface area contributed by atoms with Gasteiger partial charge in [0.15, 0.2) is 0 Å². The van der Waals surface area contributed by atoms with Crippen LogP contribution in [0, 0.1) is 0 Å². The first-order valence-electron chi connectivity index (χ1n) is 7.44. The molecule has 1 aliphatic heterocycles. The number of thioether (sulfide) groups is 1. The maximum Gasteiger partial charge on any atom is 0.261 e. The van der Waals surface area contributed by atoms with E-state index in [0.717, 1.165) is 17.0 Å². The standard InChI is InChI=1S/C17H15N3O2S2/c21-24(22,14-6-2-1-3-7-14)19-15-8-10-20-16(15)12-23-17(20)13-5-4-9-18-11-13/h1-11,17,19H,12H2. The van der Waals surface area contributed by atoms with E-state index < -0.39 is 10.0 Å². The number of rotatable bonds is 4. The summed E-state index contributed by atoms with van der Waals surface area (Å²) in [7, 11) is -3.57. The molecule has 1 aromatic carbocycles. The second-order valence-corrected chi connectivity index (χ2v) is 8.20. The fourth-order valence-electron chi connectivity index (χ4n) is 2.77. The molecule has 1 aliphatic rings. The van der Waals surface area contributed by atoms with Crippen molar-refractivity contribution in [2.24, 2.45) is 0 Å². The van der Waals surface area contributed by atoms with Gasteiger partial charge in [-0.1, -0.05) is 24.3 Å². The van der Waals surface area contributed by atoms with Gasteiger partial charge in [0.05, 0.1) is 16.3 Å². The van der Waals surface area contributed by atoms with Crippen LogP contribution in [0.1, 0.15) is 16.6 Å². The lowest BCUT2D eigenvalue weighted by Crippen LogP contribution is -2.13. The van der Waals surface area contributed by atoms with Gasteiger partial charge in [-0.15, -0.1) is 11.8 Å². The molecule has 3 heterocycles. The fourth-order valence-corrected chi connectivity index (χ4v) is 5.18. The number of pyridine rings is 1. The van der Waals surface area contributed by atoms with Crippen LogP contribution in [0.25, 0.3) is 0 Å². The van der Waals surface area contributed by atoms with Crippen molar-refractivity contribution in [2.45, 2.75) is 16.0 Å². The summed E-state index contributed by atoms with van der Waals surface area (Å²) in [5, 5.41) is 0.128. The summed E-state index contributed by atoms with van der Waals surface area (Å²) < 4.78 is 29.8. The second kappa shape index (κ2) is 5.99. The molecule has 1 N–H and O–H groups in total. The Labute approximate surface area is 144 Å². The molecule has 0 saturated heterocycles. The third-order valence-electron chi connectivity index (χ3n) is 3.92. The molecular formula is C17H15N3O2S2. The molecule has 5 nitrogen and oxygen atoms in total. The number of nitrogens with one attached hydrogen (secondary N) is 1. The van der Waals surface area contributed by atoms with Crippen molar-refractivity contribution in [3.8, 4) is 0 Å². The van der Waals surface area contributed by atoms with Gasteiger partial charge in [0.1, 0.15) is 5.37 Å². The predicted octanol–water partition coefficient (Wildman–Crippen LogP) is 3.48. The Balaban J connectivity index is 1.64. The highest BCUT2D eigenvalue weighted by Gasteiger charge is 2.28. The molecule has 0 radical (unpaired) electrons. The highest BCUT2D eigenvalue weighted by Crippen LogP contribution is 2.43. The molecule has 0 amide bonds. The van der Waals surface area contributed by atoms with Gasteiger partial charge < -0.3 is 4.57 Å². The first-order valence-corrected chi connectivity index (χ1v) is 9.97. The third-order valence-corrected chi connectivity index (χ3v) is 6.56. The van der Waals surface area contributed by atoms with E-state index in [4.69, 9.17) is 0 Å². The molecule has 0 fully saturated rings. The van der Waals surface area contributed by atoms with E-state index in [1.54, 1.807) is 48.3 Å². The smallest absolute Gasteiger partial charge is 0.261 e. The van der Waals surface area contributed by atoms with Gasteiger partial charge in [0, 0.05) is 29.9 Å². The van der Waals surface area contributed by atoms with Crippen molar-refractivity contribution in [3.05, 3.63) is 78.4 Å². The zero-order chi connectivity index (χ0) is 16.6. The first kappa shape index (κ1) is 15.3. The number of hydrogen-bond acceptors (Lipinski definition) is 4. The summed E-state index contributed by atoms with van der Waals surface area (Å²) in [4.78, 5) is 4.43. The number of fused-ring (bicyclic) bond motifs is 1. The van der Waals surface area contributed by atoms with Gasteiger partial charge in [0.25, 0.3) is 10.0 Å². The molecule has 122 valence electrons. The summed E-state index contributed by atoms with van der Waals surface area (Å²) in [6.45, 7) is 0. The predicted molar refractivity (Wildman–Crippen MR) is 95.4 cm³/mol. The lowest BCUT2D eigenvalue weighted by atomic mass is 10.3. The lowest BCUT2D eigenvalue weighted by molar-refractivity contribution is 0.601. The van der Waals surface area contributed by atoms with Crippen LogP contribution < -0.4 is 4.72 Å². The Morgan fingerprint density at radius 2 is 1.96 bits per heavy atom. The van der Waals surface area contributed by atoms with Gasteiger partial charge in [-0.25, -0.2) is 8.42 Å². The van der Waals surface area contributed by atoms with Crippen molar-refractivity contribution < 1.29 is 8.42 Å². The highest BCUT2D eigenvalue weighted by molar-refractivity contribution is 7.99. The summed E-state index contributed by atoms with van der Waals surface area (Å²) in [5.74, 6) is 0.749. The molecule has 1 unspecified atom stereocenters. The minimum atomic E-state index is -3.57. The minimum absolute atomic E-state index is 0.128. The van der Waals surface area contributed by atoms with Crippen molar-refractivity contribution in [2.75, 3.05) is 4.72 Å². The molecule has 0 bridgehead atoms. The zero-order valence-corrected chi connectivity index (χ0v) is 14.3. The van der Waals surface area contributed by atoms with Crippen LogP contribution in [0.4, 0.5) is 5.69 Å². The molecule has 4 rings (SSSR count). The van der Waals surface area contributed by atoms with Gasteiger partial charge >= 0.3 is 0 Å². The van der Waals surface area contributed by atoms with Crippen LogP contribution in [0.2, 0.25) is 0 Å². The molecule has 0 spiro atoms. The summed E-state index contributed by atoms with van der Waals surface area (Å²) >= 11 is 1.76. The van der Waals surface area contributed by atoms with E-state index in [1.807, 2.05) is 30.6 Å². The number of anilines is 1. The van der Waals surface area contributed by atoms with Crippen molar-refractivity contribution in [1.82, 2.24) is 9.55 Å². The number of sulfonamides is 1. The summed E-state index contributed by atoms with van der Waals surface area (Å²) in [5.41, 5.74) is 2.72. The maximum absolute atomic E-state index is 12.5. The van der Waals surface area contributed by atoms with E-state index in [9.17, 15) is 8.42 Å². The van der Waals surface area contributed by atoms with Crippen LogP contribution >= 0.6 is 11.8 Å². The fraction of sp³-hybridized carbons (Fsp3) is 0.118. The van der Waals surface area contributed by atoms with Gasteiger partial charge in [-0.05, 0) is 24.3 Å². The Morgan fingerprint density at radius 3 is 2.71 bits per heavy atom. The largest absolute Gasteiger partial charge is 0.332 e. The summed E-state index contributed by atoms with van der Waals surface area (Å²) in [6, 6.07) is 14.2. The topological polar surface area (TPSA) is 64.0 Å². The molecule has 24 heavy (non-hydrogen) atoms. The van der Waals surface area contributed by atoms with Crippen LogP contribution in [0.5, 0.6) is 0 Å². The van der Waals surface area contributed by atoms with E-state index in [0.29, 0.717) is 5.69 Å². The van der Waals surface area contributed by atoms with E-state index in [-0.39, 0.29) is 10.3 Å². The lowest BCUT2D eigenvalue weighted by Gasteiger charge is -2.12. The second-order valence-electron chi connectivity index (χ2n) is 5.45. The van der Waals surface area contributed by atoms with E-state index in [2.05, 4.69) is 14.3 Å². The maximum atomic E-state index is 12.5. The molecule has 2 aromatic heterocycles. The average molecular weight is 357 g/mol. The Bertz CT molecular complexity index is 954. The number of benzene rings is 1. The van der Waals surface area contributed by atoms with Crippen LogP contribution in [-0.4, -0.2) is 18.0 Å². The first-order chi connectivity index (χ1) is 11.6. The molecule has 3 aromatic rings.